The number of nitro groups is 1. The molecule has 0 aliphatic heterocycles. The van der Waals surface area contributed by atoms with Gasteiger partial charge in [0.2, 0.25) is 5.89 Å². The summed E-state index contributed by atoms with van der Waals surface area (Å²) in [5.74, 6) is 0.996. The van der Waals surface area contributed by atoms with Gasteiger partial charge in [-0.3, -0.25) is 10.1 Å². The van der Waals surface area contributed by atoms with E-state index in [1.807, 2.05) is 6.92 Å². The van der Waals surface area contributed by atoms with Crippen molar-refractivity contribution in [2.75, 3.05) is 0 Å². The molecule has 0 radical (unpaired) electrons. The minimum absolute atomic E-state index is 0.00783. The van der Waals surface area contributed by atoms with E-state index in [0.29, 0.717) is 18.2 Å². The van der Waals surface area contributed by atoms with Crippen LogP contribution < -0.4 is 4.74 Å². The predicted octanol–water partition coefficient (Wildman–Crippen LogP) is 2.77. The quantitative estimate of drug-likeness (QED) is 0.619. The highest BCUT2D eigenvalue weighted by Crippen LogP contribution is 2.29. The molecule has 1 aromatic carbocycles. The van der Waals surface area contributed by atoms with Gasteiger partial charge in [0.15, 0.2) is 6.61 Å². The van der Waals surface area contributed by atoms with E-state index in [9.17, 15) is 10.1 Å². The SMILES string of the molecule is CCc1nnc(COc2cc([N+](=O)[O-])ccc2Cl)o1. The van der Waals surface area contributed by atoms with Gasteiger partial charge in [0.05, 0.1) is 16.0 Å². The molecule has 19 heavy (non-hydrogen) atoms. The highest BCUT2D eigenvalue weighted by atomic mass is 35.5. The summed E-state index contributed by atoms with van der Waals surface area (Å²) in [5.41, 5.74) is -0.0980. The fraction of sp³-hybridized carbons (Fsp3) is 0.273. The number of hydrogen-bond acceptors (Lipinski definition) is 6. The summed E-state index contributed by atoms with van der Waals surface area (Å²) in [7, 11) is 0. The minimum Gasteiger partial charge on any atom is -0.482 e. The lowest BCUT2D eigenvalue weighted by atomic mass is 10.3. The number of nitro benzene ring substituents is 1. The molecule has 0 spiro atoms. The number of hydrogen-bond donors (Lipinski definition) is 0. The Hall–Kier alpha value is -2.15. The zero-order valence-corrected chi connectivity index (χ0v) is 10.8. The van der Waals surface area contributed by atoms with Crippen LogP contribution in [0.25, 0.3) is 0 Å². The van der Waals surface area contributed by atoms with Gasteiger partial charge in [-0.25, -0.2) is 0 Å². The molecule has 0 N–H and O–H groups in total. The van der Waals surface area contributed by atoms with Gasteiger partial charge >= 0.3 is 0 Å². The summed E-state index contributed by atoms with van der Waals surface area (Å²) >= 11 is 5.89. The van der Waals surface area contributed by atoms with E-state index in [0.717, 1.165) is 0 Å². The van der Waals surface area contributed by atoms with Crippen LogP contribution in [0.1, 0.15) is 18.7 Å². The monoisotopic (exact) mass is 283 g/mol. The number of aromatic nitrogens is 2. The molecule has 0 fully saturated rings. The molecule has 0 bridgehead atoms. The first kappa shape index (κ1) is 13.3. The van der Waals surface area contributed by atoms with Gasteiger partial charge in [-0.15, -0.1) is 10.2 Å². The van der Waals surface area contributed by atoms with Crippen LogP contribution in [0.5, 0.6) is 5.75 Å². The Bertz CT molecular complexity index is 599. The van der Waals surface area contributed by atoms with Crippen molar-refractivity contribution < 1.29 is 14.1 Å². The fourth-order valence-electron chi connectivity index (χ4n) is 1.35. The van der Waals surface area contributed by atoms with Crippen molar-refractivity contribution in [1.82, 2.24) is 10.2 Å². The van der Waals surface area contributed by atoms with Gasteiger partial charge in [0.25, 0.3) is 11.6 Å². The molecular weight excluding hydrogens is 274 g/mol. The molecule has 0 aliphatic rings. The molecule has 0 aliphatic carbocycles. The first-order valence-corrected chi connectivity index (χ1v) is 5.86. The van der Waals surface area contributed by atoms with Crippen molar-refractivity contribution in [2.24, 2.45) is 0 Å². The van der Waals surface area contributed by atoms with Crippen LogP contribution in [0.2, 0.25) is 5.02 Å². The Labute approximate surface area is 113 Å². The van der Waals surface area contributed by atoms with E-state index in [4.69, 9.17) is 20.8 Å². The Morgan fingerprint density at radius 1 is 1.42 bits per heavy atom. The van der Waals surface area contributed by atoms with Crippen molar-refractivity contribution in [2.45, 2.75) is 20.0 Å². The normalized spacial score (nSPS) is 10.4. The van der Waals surface area contributed by atoms with Gasteiger partial charge in [-0.1, -0.05) is 18.5 Å². The molecule has 2 rings (SSSR count). The third kappa shape index (κ3) is 3.19. The van der Waals surface area contributed by atoms with Crippen LogP contribution in [-0.2, 0) is 13.0 Å². The Kier molecular flexibility index (Phi) is 3.96. The van der Waals surface area contributed by atoms with E-state index in [1.165, 1.54) is 18.2 Å². The summed E-state index contributed by atoms with van der Waals surface area (Å²) in [6, 6.07) is 3.96. The molecule has 8 heteroatoms. The van der Waals surface area contributed by atoms with Gasteiger partial charge in [-0.05, 0) is 6.07 Å². The van der Waals surface area contributed by atoms with Crippen molar-refractivity contribution >= 4 is 17.3 Å². The highest BCUT2D eigenvalue weighted by molar-refractivity contribution is 6.32. The third-order valence-electron chi connectivity index (χ3n) is 2.29. The molecular formula is C11H10ClN3O4. The maximum Gasteiger partial charge on any atom is 0.273 e. The molecule has 0 unspecified atom stereocenters. The number of benzene rings is 1. The van der Waals surface area contributed by atoms with Gasteiger partial charge in [0.1, 0.15) is 5.75 Å². The standard InChI is InChI=1S/C11H10ClN3O4/c1-2-10-13-14-11(19-10)6-18-9-5-7(15(16)17)3-4-8(9)12/h3-5H,2,6H2,1H3. The lowest BCUT2D eigenvalue weighted by Gasteiger charge is -2.05. The average Bonchev–Trinajstić information content (AvgIpc) is 2.85. The Morgan fingerprint density at radius 3 is 2.79 bits per heavy atom. The molecule has 0 atom stereocenters. The second-order valence-corrected chi connectivity index (χ2v) is 4.01. The number of nitrogens with zero attached hydrogens (tertiary/aromatic N) is 3. The van der Waals surface area contributed by atoms with E-state index in [2.05, 4.69) is 10.2 Å². The Morgan fingerprint density at radius 2 is 2.16 bits per heavy atom. The molecule has 1 aromatic heterocycles. The highest BCUT2D eigenvalue weighted by Gasteiger charge is 2.12. The number of aryl methyl sites for hydroxylation is 1. The van der Waals surface area contributed by atoms with Crippen LogP contribution in [0.3, 0.4) is 0 Å². The Balaban J connectivity index is 2.10. The lowest BCUT2D eigenvalue weighted by molar-refractivity contribution is -0.384. The van der Waals surface area contributed by atoms with E-state index >= 15 is 0 Å². The van der Waals surface area contributed by atoms with E-state index < -0.39 is 4.92 Å². The van der Waals surface area contributed by atoms with Crippen molar-refractivity contribution in [3.8, 4) is 5.75 Å². The molecule has 2 aromatic rings. The van der Waals surface area contributed by atoms with Gasteiger partial charge < -0.3 is 9.15 Å². The molecule has 1 heterocycles. The lowest BCUT2D eigenvalue weighted by Crippen LogP contribution is -1.97. The number of ether oxygens (including phenoxy) is 1. The second kappa shape index (κ2) is 5.66. The smallest absolute Gasteiger partial charge is 0.273 e. The maximum absolute atomic E-state index is 10.6. The number of rotatable bonds is 5. The summed E-state index contributed by atoms with van der Waals surface area (Å²) in [4.78, 5) is 10.1. The topological polar surface area (TPSA) is 91.3 Å². The van der Waals surface area contributed by atoms with Crippen molar-refractivity contribution in [1.29, 1.82) is 0 Å². The summed E-state index contributed by atoms with van der Waals surface area (Å²) in [6.07, 6.45) is 0.630. The molecule has 0 saturated carbocycles. The summed E-state index contributed by atoms with van der Waals surface area (Å²) in [5, 5.41) is 18.5. The van der Waals surface area contributed by atoms with Crippen LogP contribution in [0.4, 0.5) is 5.69 Å². The zero-order chi connectivity index (χ0) is 13.8. The van der Waals surface area contributed by atoms with Crippen LogP contribution in [0.15, 0.2) is 22.6 Å². The molecule has 100 valence electrons. The van der Waals surface area contributed by atoms with E-state index in [-0.39, 0.29) is 23.1 Å². The predicted molar refractivity (Wildman–Crippen MR) is 66.1 cm³/mol. The number of non-ortho nitro benzene ring substituents is 1. The second-order valence-electron chi connectivity index (χ2n) is 3.60. The minimum atomic E-state index is -0.523. The van der Waals surface area contributed by atoms with Gasteiger partial charge in [0, 0.05) is 12.5 Å². The van der Waals surface area contributed by atoms with Crippen LogP contribution >= 0.6 is 11.6 Å². The summed E-state index contributed by atoms with van der Waals surface area (Å²) < 4.78 is 10.6. The fourth-order valence-corrected chi connectivity index (χ4v) is 1.52. The average molecular weight is 284 g/mol. The third-order valence-corrected chi connectivity index (χ3v) is 2.60. The molecule has 7 nitrogen and oxygen atoms in total. The maximum atomic E-state index is 10.6. The molecule has 0 amide bonds. The van der Waals surface area contributed by atoms with Gasteiger partial charge in [-0.2, -0.15) is 0 Å². The summed E-state index contributed by atoms with van der Waals surface area (Å²) in [6.45, 7) is 1.89. The van der Waals surface area contributed by atoms with Crippen LogP contribution in [-0.4, -0.2) is 15.1 Å². The molecule has 0 saturated heterocycles. The largest absolute Gasteiger partial charge is 0.482 e. The van der Waals surface area contributed by atoms with E-state index in [1.54, 1.807) is 0 Å². The first-order valence-electron chi connectivity index (χ1n) is 5.48. The van der Waals surface area contributed by atoms with Crippen molar-refractivity contribution in [3.63, 3.8) is 0 Å². The van der Waals surface area contributed by atoms with Crippen molar-refractivity contribution in [3.05, 3.63) is 45.1 Å². The number of halogens is 1. The first-order chi connectivity index (χ1) is 9.10. The zero-order valence-electron chi connectivity index (χ0n) is 10.00. The van der Waals surface area contributed by atoms with Crippen LogP contribution in [0, 0.1) is 10.1 Å².